The number of hydrogen-bond acceptors (Lipinski definition) is 5. The standard InChI is InChI=1S/C14H24FN5/c1-14(2,3)10-5-4-7-20(8-6-10)12-11(15)9-17-13(18-12)19-16/h9-10H,4-8,16H2,1-3H3,(H,17,18,19). The van der Waals surface area contributed by atoms with Gasteiger partial charge < -0.3 is 4.90 Å². The molecule has 20 heavy (non-hydrogen) atoms. The van der Waals surface area contributed by atoms with Crippen molar-refractivity contribution in [3.63, 3.8) is 0 Å². The molecule has 2 heterocycles. The van der Waals surface area contributed by atoms with Crippen molar-refractivity contribution < 1.29 is 4.39 Å². The molecule has 2 rings (SSSR count). The number of aromatic nitrogens is 2. The summed E-state index contributed by atoms with van der Waals surface area (Å²) < 4.78 is 13.9. The van der Waals surface area contributed by atoms with Crippen LogP contribution < -0.4 is 16.2 Å². The molecule has 1 atom stereocenters. The van der Waals surface area contributed by atoms with E-state index in [0.29, 0.717) is 17.2 Å². The van der Waals surface area contributed by atoms with Crippen LogP contribution in [0.5, 0.6) is 0 Å². The smallest absolute Gasteiger partial charge is 0.239 e. The van der Waals surface area contributed by atoms with E-state index in [0.717, 1.165) is 25.9 Å². The highest BCUT2D eigenvalue weighted by molar-refractivity contribution is 5.43. The molecule has 0 radical (unpaired) electrons. The van der Waals surface area contributed by atoms with Crippen LogP contribution >= 0.6 is 0 Å². The topological polar surface area (TPSA) is 67.1 Å². The number of halogens is 1. The van der Waals surface area contributed by atoms with E-state index < -0.39 is 5.82 Å². The lowest BCUT2D eigenvalue weighted by molar-refractivity contribution is 0.220. The van der Waals surface area contributed by atoms with E-state index >= 15 is 0 Å². The number of hydrogen-bond donors (Lipinski definition) is 2. The van der Waals surface area contributed by atoms with Crippen molar-refractivity contribution in [1.29, 1.82) is 0 Å². The van der Waals surface area contributed by atoms with Gasteiger partial charge in [-0.1, -0.05) is 20.8 Å². The van der Waals surface area contributed by atoms with Crippen LogP contribution in [0.15, 0.2) is 6.20 Å². The summed E-state index contributed by atoms with van der Waals surface area (Å²) in [5, 5.41) is 0. The summed E-state index contributed by atoms with van der Waals surface area (Å²) >= 11 is 0. The van der Waals surface area contributed by atoms with E-state index in [4.69, 9.17) is 5.84 Å². The Labute approximate surface area is 119 Å². The fraction of sp³-hybridized carbons (Fsp3) is 0.714. The summed E-state index contributed by atoms with van der Waals surface area (Å²) in [6.45, 7) is 8.46. The van der Waals surface area contributed by atoms with E-state index in [1.165, 1.54) is 12.6 Å². The maximum absolute atomic E-state index is 13.9. The molecule has 1 unspecified atom stereocenters. The van der Waals surface area contributed by atoms with Gasteiger partial charge in [0.15, 0.2) is 11.6 Å². The Bertz CT molecular complexity index is 457. The molecular weight excluding hydrogens is 257 g/mol. The fourth-order valence-electron chi connectivity index (χ4n) is 2.82. The van der Waals surface area contributed by atoms with Gasteiger partial charge in [0, 0.05) is 13.1 Å². The number of nitrogens with one attached hydrogen (secondary N) is 1. The molecule has 1 aliphatic rings. The predicted octanol–water partition coefficient (Wildman–Crippen LogP) is 2.55. The summed E-state index contributed by atoms with van der Waals surface area (Å²) in [7, 11) is 0. The predicted molar refractivity (Wildman–Crippen MR) is 78.8 cm³/mol. The highest BCUT2D eigenvalue weighted by atomic mass is 19.1. The Morgan fingerprint density at radius 2 is 2.10 bits per heavy atom. The minimum absolute atomic E-state index is 0.248. The molecule has 1 aromatic rings. The minimum Gasteiger partial charge on any atom is -0.354 e. The summed E-state index contributed by atoms with van der Waals surface area (Å²) in [6, 6.07) is 0. The lowest BCUT2D eigenvalue weighted by Crippen LogP contribution is -2.28. The minimum atomic E-state index is -0.391. The largest absolute Gasteiger partial charge is 0.354 e. The average molecular weight is 281 g/mol. The molecule has 0 spiro atoms. The van der Waals surface area contributed by atoms with Gasteiger partial charge in [-0.2, -0.15) is 4.98 Å². The molecule has 1 saturated heterocycles. The van der Waals surface area contributed by atoms with Gasteiger partial charge in [-0.05, 0) is 30.6 Å². The first-order chi connectivity index (χ1) is 9.41. The van der Waals surface area contributed by atoms with Crippen LogP contribution in [0.25, 0.3) is 0 Å². The third-order valence-corrected chi connectivity index (χ3v) is 4.11. The zero-order chi connectivity index (χ0) is 14.8. The first kappa shape index (κ1) is 15.0. The second-order valence-electron chi connectivity index (χ2n) is 6.49. The fourth-order valence-corrected chi connectivity index (χ4v) is 2.82. The Morgan fingerprint density at radius 1 is 1.35 bits per heavy atom. The van der Waals surface area contributed by atoms with Gasteiger partial charge >= 0.3 is 0 Å². The molecule has 1 aromatic heterocycles. The lowest BCUT2D eigenvalue weighted by Gasteiger charge is -2.30. The average Bonchev–Trinajstić information content (AvgIpc) is 2.64. The summed E-state index contributed by atoms with van der Waals surface area (Å²) in [5.41, 5.74) is 2.66. The zero-order valence-electron chi connectivity index (χ0n) is 12.5. The molecule has 112 valence electrons. The van der Waals surface area contributed by atoms with Crippen molar-refractivity contribution in [2.45, 2.75) is 40.0 Å². The van der Waals surface area contributed by atoms with Crippen molar-refractivity contribution in [1.82, 2.24) is 9.97 Å². The molecule has 1 fully saturated rings. The highest BCUT2D eigenvalue weighted by Crippen LogP contribution is 2.35. The van der Waals surface area contributed by atoms with Crippen molar-refractivity contribution in [2.24, 2.45) is 17.2 Å². The normalized spacial score (nSPS) is 20.6. The Hall–Kier alpha value is -1.43. The Balaban J connectivity index is 2.14. The number of nitrogens with two attached hydrogens (primary N) is 1. The van der Waals surface area contributed by atoms with Gasteiger partial charge in [0.25, 0.3) is 0 Å². The molecule has 0 saturated carbocycles. The summed E-state index contributed by atoms with van der Waals surface area (Å²) in [5.74, 6) is 6.16. The van der Waals surface area contributed by atoms with Crippen molar-refractivity contribution in [2.75, 3.05) is 23.4 Å². The molecule has 0 amide bonds. The Morgan fingerprint density at radius 3 is 2.75 bits per heavy atom. The number of anilines is 2. The van der Waals surface area contributed by atoms with Crippen LogP contribution in [0.1, 0.15) is 40.0 Å². The first-order valence-corrected chi connectivity index (χ1v) is 7.16. The van der Waals surface area contributed by atoms with Crippen LogP contribution in [0, 0.1) is 17.2 Å². The molecule has 1 aliphatic heterocycles. The van der Waals surface area contributed by atoms with Crippen molar-refractivity contribution in [3.05, 3.63) is 12.0 Å². The second kappa shape index (κ2) is 5.91. The van der Waals surface area contributed by atoms with Crippen LogP contribution in [0.3, 0.4) is 0 Å². The second-order valence-corrected chi connectivity index (χ2v) is 6.49. The molecule has 5 nitrogen and oxygen atoms in total. The van der Waals surface area contributed by atoms with Crippen molar-refractivity contribution >= 4 is 11.8 Å². The molecule has 6 heteroatoms. The van der Waals surface area contributed by atoms with Gasteiger partial charge in [-0.25, -0.2) is 15.2 Å². The number of nitrogen functional groups attached to an aromatic ring is 1. The summed E-state index contributed by atoms with van der Waals surface area (Å²) in [4.78, 5) is 9.93. The van der Waals surface area contributed by atoms with Crippen LogP contribution in [0.4, 0.5) is 16.2 Å². The van der Waals surface area contributed by atoms with Crippen LogP contribution in [0.2, 0.25) is 0 Å². The third-order valence-electron chi connectivity index (χ3n) is 4.11. The molecule has 0 aliphatic carbocycles. The summed E-state index contributed by atoms with van der Waals surface area (Å²) in [6.07, 6.45) is 4.45. The maximum Gasteiger partial charge on any atom is 0.239 e. The third kappa shape index (κ3) is 3.36. The lowest BCUT2D eigenvalue weighted by atomic mass is 9.77. The van der Waals surface area contributed by atoms with Gasteiger partial charge in [-0.3, -0.25) is 5.43 Å². The number of nitrogens with zero attached hydrogens (tertiary/aromatic N) is 3. The van der Waals surface area contributed by atoms with Gasteiger partial charge in [0.2, 0.25) is 5.95 Å². The quantitative estimate of drug-likeness (QED) is 0.644. The molecule has 0 aromatic carbocycles. The number of hydrazine groups is 1. The van der Waals surface area contributed by atoms with Crippen LogP contribution in [-0.4, -0.2) is 23.1 Å². The Kier molecular flexibility index (Phi) is 4.42. The van der Waals surface area contributed by atoms with Gasteiger partial charge in [0.05, 0.1) is 6.20 Å². The zero-order valence-corrected chi connectivity index (χ0v) is 12.5. The molecular formula is C14H24FN5. The van der Waals surface area contributed by atoms with E-state index in [-0.39, 0.29) is 5.95 Å². The maximum atomic E-state index is 13.9. The number of rotatable bonds is 2. The van der Waals surface area contributed by atoms with Gasteiger partial charge in [-0.15, -0.1) is 0 Å². The monoisotopic (exact) mass is 281 g/mol. The van der Waals surface area contributed by atoms with E-state index in [2.05, 4.69) is 36.2 Å². The SMILES string of the molecule is CC(C)(C)C1CCCN(c2nc(NN)ncc2F)CC1. The van der Waals surface area contributed by atoms with Gasteiger partial charge in [0.1, 0.15) is 0 Å². The van der Waals surface area contributed by atoms with Crippen molar-refractivity contribution in [3.8, 4) is 0 Å². The molecule has 0 bridgehead atoms. The molecule has 3 N–H and O–H groups in total. The van der Waals surface area contributed by atoms with Crippen LogP contribution in [-0.2, 0) is 0 Å². The van der Waals surface area contributed by atoms with E-state index in [9.17, 15) is 4.39 Å². The first-order valence-electron chi connectivity index (χ1n) is 7.16. The highest BCUT2D eigenvalue weighted by Gasteiger charge is 2.28. The van der Waals surface area contributed by atoms with E-state index in [1.54, 1.807) is 0 Å². The van der Waals surface area contributed by atoms with E-state index in [1.807, 2.05) is 4.90 Å².